The van der Waals surface area contributed by atoms with E-state index in [0.717, 1.165) is 23.4 Å². The van der Waals surface area contributed by atoms with E-state index in [2.05, 4.69) is 83.9 Å². The van der Waals surface area contributed by atoms with Crippen LogP contribution in [-0.2, 0) is 17.3 Å². The molecule has 0 aliphatic rings. The summed E-state index contributed by atoms with van der Waals surface area (Å²) in [6, 6.07) is 10.8. The maximum atomic E-state index is 5.69. The summed E-state index contributed by atoms with van der Waals surface area (Å²) in [6.07, 6.45) is 0.797. The van der Waals surface area contributed by atoms with Gasteiger partial charge in [0.2, 0.25) is 5.88 Å². The Morgan fingerprint density at radius 3 is 1.96 bits per heavy atom. The Balaban J connectivity index is 2.40. The smallest absolute Gasteiger partial charge is 0.220 e. The molecule has 0 aliphatic carbocycles. The zero-order valence-corrected chi connectivity index (χ0v) is 18.3. The maximum absolute atomic E-state index is 5.69. The number of anilines is 1. The lowest BCUT2D eigenvalue weighted by Gasteiger charge is -2.28. The highest BCUT2D eigenvalue weighted by molar-refractivity contribution is 5.49. The van der Waals surface area contributed by atoms with E-state index in [4.69, 9.17) is 14.5 Å². The van der Waals surface area contributed by atoms with Crippen LogP contribution >= 0.6 is 0 Å². The van der Waals surface area contributed by atoms with Gasteiger partial charge in [0.05, 0.1) is 19.8 Å². The highest BCUT2D eigenvalue weighted by Crippen LogP contribution is 2.39. The number of nitrogens with zero attached hydrogens (tertiary/aromatic N) is 2. The van der Waals surface area contributed by atoms with Crippen molar-refractivity contribution in [3.8, 4) is 11.6 Å². The minimum Gasteiger partial charge on any atom is -0.496 e. The zero-order chi connectivity index (χ0) is 20.4. The normalized spacial score (nSPS) is 12.0. The minimum atomic E-state index is -0.111. The maximum Gasteiger partial charge on any atom is 0.220 e. The number of aromatic nitrogens is 1. The van der Waals surface area contributed by atoms with Gasteiger partial charge in [-0.05, 0) is 34.9 Å². The van der Waals surface area contributed by atoms with Crippen molar-refractivity contribution in [2.24, 2.45) is 0 Å². The van der Waals surface area contributed by atoms with Gasteiger partial charge < -0.3 is 14.4 Å². The first-order valence-corrected chi connectivity index (χ1v) is 9.40. The molecule has 0 radical (unpaired) electrons. The van der Waals surface area contributed by atoms with Crippen molar-refractivity contribution in [1.29, 1.82) is 0 Å². The molecule has 0 atom stereocenters. The van der Waals surface area contributed by atoms with Crippen LogP contribution in [0, 0.1) is 0 Å². The molecule has 4 nitrogen and oxygen atoms in total. The summed E-state index contributed by atoms with van der Waals surface area (Å²) in [4.78, 5) is 6.92. The van der Waals surface area contributed by atoms with Crippen molar-refractivity contribution in [1.82, 2.24) is 4.98 Å². The summed E-state index contributed by atoms with van der Waals surface area (Å²) < 4.78 is 11.3. The van der Waals surface area contributed by atoms with Crippen LogP contribution in [0.2, 0.25) is 0 Å². The second-order valence-corrected chi connectivity index (χ2v) is 8.95. The SMILES string of the molecule is COc1cc(CC(C)(C)c2ccc(N(C)C)cc2)nc(OC)c1C(C)(C)C. The van der Waals surface area contributed by atoms with Gasteiger partial charge in [0, 0.05) is 31.5 Å². The van der Waals surface area contributed by atoms with E-state index in [1.165, 1.54) is 11.3 Å². The minimum absolute atomic E-state index is 0.0584. The standard InChI is InChI=1S/C23H34N2O2/c1-22(2,3)20-19(26-8)14-17(24-21(20)27-9)15-23(4,5)16-10-12-18(13-11-16)25(6)7/h10-14H,15H2,1-9H3. The summed E-state index contributed by atoms with van der Waals surface area (Å²) >= 11 is 0. The Hall–Kier alpha value is -2.23. The fourth-order valence-corrected chi connectivity index (χ4v) is 3.40. The first kappa shape index (κ1) is 21.1. The van der Waals surface area contributed by atoms with E-state index in [1.807, 2.05) is 0 Å². The molecule has 0 spiro atoms. The summed E-state index contributed by atoms with van der Waals surface area (Å²) in [6.45, 7) is 10.9. The Labute approximate surface area is 164 Å². The van der Waals surface area contributed by atoms with Crippen LogP contribution in [0.3, 0.4) is 0 Å². The molecule has 1 aromatic carbocycles. The number of rotatable bonds is 6. The van der Waals surface area contributed by atoms with Gasteiger partial charge >= 0.3 is 0 Å². The molecule has 0 saturated carbocycles. The van der Waals surface area contributed by atoms with Crippen LogP contribution in [0.5, 0.6) is 11.6 Å². The molecule has 0 saturated heterocycles. The van der Waals surface area contributed by atoms with Gasteiger partial charge in [-0.3, -0.25) is 0 Å². The Morgan fingerprint density at radius 2 is 1.52 bits per heavy atom. The van der Waals surface area contributed by atoms with Crippen molar-refractivity contribution < 1.29 is 9.47 Å². The summed E-state index contributed by atoms with van der Waals surface area (Å²) in [5, 5.41) is 0. The quantitative estimate of drug-likeness (QED) is 0.718. The second kappa shape index (κ2) is 7.79. The van der Waals surface area contributed by atoms with Gasteiger partial charge in [-0.25, -0.2) is 4.98 Å². The van der Waals surface area contributed by atoms with Gasteiger partial charge in [0.1, 0.15) is 5.75 Å². The zero-order valence-electron chi connectivity index (χ0n) is 18.3. The topological polar surface area (TPSA) is 34.6 Å². The molecule has 148 valence electrons. The van der Waals surface area contributed by atoms with Crippen molar-refractivity contribution in [2.75, 3.05) is 33.2 Å². The molecular formula is C23H34N2O2. The fraction of sp³-hybridized carbons (Fsp3) is 0.522. The predicted octanol–water partition coefficient (Wildman–Crippen LogP) is 4.98. The lowest BCUT2D eigenvalue weighted by atomic mass is 9.79. The molecule has 2 rings (SSSR count). The molecule has 1 heterocycles. The molecule has 0 N–H and O–H groups in total. The molecule has 27 heavy (non-hydrogen) atoms. The Kier molecular flexibility index (Phi) is 6.08. The summed E-state index contributed by atoms with van der Waals surface area (Å²) in [5.74, 6) is 1.48. The summed E-state index contributed by atoms with van der Waals surface area (Å²) in [5.41, 5.74) is 4.29. The summed E-state index contributed by atoms with van der Waals surface area (Å²) in [7, 11) is 7.49. The number of hydrogen-bond donors (Lipinski definition) is 0. The highest BCUT2D eigenvalue weighted by atomic mass is 16.5. The van der Waals surface area contributed by atoms with Gasteiger partial charge in [-0.15, -0.1) is 0 Å². The molecule has 0 aliphatic heterocycles. The largest absolute Gasteiger partial charge is 0.496 e. The number of hydrogen-bond acceptors (Lipinski definition) is 4. The lowest BCUT2D eigenvalue weighted by Crippen LogP contribution is -2.22. The lowest BCUT2D eigenvalue weighted by molar-refractivity contribution is 0.352. The first-order valence-electron chi connectivity index (χ1n) is 9.40. The van der Waals surface area contributed by atoms with Crippen LogP contribution in [0.4, 0.5) is 5.69 Å². The predicted molar refractivity (Wildman–Crippen MR) is 114 cm³/mol. The highest BCUT2D eigenvalue weighted by Gasteiger charge is 2.28. The van der Waals surface area contributed by atoms with Crippen LogP contribution < -0.4 is 14.4 Å². The Bertz CT molecular complexity index is 747. The second-order valence-electron chi connectivity index (χ2n) is 8.95. The van der Waals surface area contributed by atoms with E-state index in [0.29, 0.717) is 5.88 Å². The molecule has 0 bridgehead atoms. The fourth-order valence-electron chi connectivity index (χ4n) is 3.40. The van der Waals surface area contributed by atoms with Crippen LogP contribution in [0.15, 0.2) is 30.3 Å². The number of ether oxygens (including phenoxy) is 2. The molecule has 1 aromatic heterocycles. The van der Waals surface area contributed by atoms with Crippen molar-refractivity contribution >= 4 is 5.69 Å². The van der Waals surface area contributed by atoms with Gasteiger partial charge in [-0.1, -0.05) is 46.8 Å². The van der Waals surface area contributed by atoms with E-state index >= 15 is 0 Å². The average Bonchev–Trinajstić information content (AvgIpc) is 2.59. The van der Waals surface area contributed by atoms with Gasteiger partial charge in [0.15, 0.2) is 0 Å². The van der Waals surface area contributed by atoms with Crippen molar-refractivity contribution in [3.63, 3.8) is 0 Å². The van der Waals surface area contributed by atoms with Gasteiger partial charge in [0.25, 0.3) is 0 Å². The van der Waals surface area contributed by atoms with E-state index in [1.54, 1.807) is 14.2 Å². The first-order chi connectivity index (χ1) is 12.5. The van der Waals surface area contributed by atoms with Crippen molar-refractivity contribution in [2.45, 2.75) is 51.9 Å². The van der Waals surface area contributed by atoms with E-state index in [9.17, 15) is 0 Å². The molecule has 0 fully saturated rings. The number of benzene rings is 1. The monoisotopic (exact) mass is 370 g/mol. The number of pyridine rings is 1. The average molecular weight is 371 g/mol. The van der Waals surface area contributed by atoms with Crippen LogP contribution in [0.25, 0.3) is 0 Å². The Morgan fingerprint density at radius 1 is 0.926 bits per heavy atom. The van der Waals surface area contributed by atoms with Crippen molar-refractivity contribution in [3.05, 3.63) is 47.2 Å². The molecule has 2 aromatic rings. The third-order valence-corrected chi connectivity index (χ3v) is 4.95. The molecule has 0 amide bonds. The molecule has 0 unspecified atom stereocenters. The molecule has 4 heteroatoms. The van der Waals surface area contributed by atoms with Gasteiger partial charge in [-0.2, -0.15) is 0 Å². The number of methoxy groups -OCH3 is 2. The van der Waals surface area contributed by atoms with Crippen LogP contribution in [0.1, 0.15) is 51.4 Å². The van der Waals surface area contributed by atoms with Crippen LogP contribution in [-0.4, -0.2) is 33.3 Å². The third-order valence-electron chi connectivity index (χ3n) is 4.95. The van der Waals surface area contributed by atoms with E-state index < -0.39 is 0 Å². The molecular weight excluding hydrogens is 336 g/mol. The third kappa shape index (κ3) is 4.74. The van der Waals surface area contributed by atoms with E-state index in [-0.39, 0.29) is 10.8 Å².